The number of rotatable bonds is 6. The summed E-state index contributed by atoms with van der Waals surface area (Å²) in [5, 5.41) is 7.45. The number of hydrogen-bond acceptors (Lipinski definition) is 5. The van der Waals surface area contributed by atoms with Gasteiger partial charge in [0.2, 0.25) is 5.91 Å². The third-order valence-corrected chi connectivity index (χ3v) is 4.89. The molecule has 0 spiro atoms. The minimum absolute atomic E-state index is 0. The third kappa shape index (κ3) is 4.73. The number of nitrogens with zero attached hydrogens (tertiary/aromatic N) is 2. The number of amides is 1. The van der Waals surface area contributed by atoms with Crippen LogP contribution in [-0.4, -0.2) is 35.9 Å². The summed E-state index contributed by atoms with van der Waals surface area (Å²) in [7, 11) is 3.22. The lowest BCUT2D eigenvalue weighted by Gasteiger charge is -2.14. The van der Waals surface area contributed by atoms with E-state index >= 15 is 0 Å². The van der Waals surface area contributed by atoms with Gasteiger partial charge in [-0.3, -0.25) is 4.79 Å². The van der Waals surface area contributed by atoms with E-state index in [4.69, 9.17) is 15.2 Å². The van der Waals surface area contributed by atoms with Crippen molar-refractivity contribution in [1.29, 1.82) is 0 Å². The van der Waals surface area contributed by atoms with Crippen LogP contribution >= 0.6 is 12.4 Å². The Balaban J connectivity index is 0.00000261. The molecule has 1 aliphatic rings. The van der Waals surface area contributed by atoms with Crippen LogP contribution in [0.4, 0.5) is 5.82 Å². The van der Waals surface area contributed by atoms with Gasteiger partial charge in [0.25, 0.3) is 0 Å². The molecule has 0 radical (unpaired) electrons. The molecule has 0 bridgehead atoms. The quantitative estimate of drug-likeness (QED) is 0.786. The molecule has 7 nitrogen and oxygen atoms in total. The summed E-state index contributed by atoms with van der Waals surface area (Å²) in [5.41, 5.74) is 7.87. The van der Waals surface area contributed by atoms with Gasteiger partial charge in [-0.2, -0.15) is 5.10 Å². The molecule has 27 heavy (non-hydrogen) atoms. The van der Waals surface area contributed by atoms with Gasteiger partial charge in [-0.05, 0) is 43.9 Å². The molecule has 2 unspecified atom stereocenters. The van der Waals surface area contributed by atoms with Crippen molar-refractivity contribution in [3.05, 3.63) is 35.5 Å². The van der Waals surface area contributed by atoms with E-state index in [1.165, 1.54) is 0 Å². The first-order chi connectivity index (χ1) is 12.5. The molecule has 148 valence electrons. The fourth-order valence-corrected chi connectivity index (χ4v) is 3.39. The number of halogens is 1. The molecular weight excluding hydrogens is 368 g/mol. The number of aryl methyl sites for hydroxylation is 1. The molecule has 0 saturated heterocycles. The Labute approximate surface area is 165 Å². The highest BCUT2D eigenvalue weighted by Gasteiger charge is 2.28. The van der Waals surface area contributed by atoms with E-state index in [-0.39, 0.29) is 30.3 Å². The fourth-order valence-electron chi connectivity index (χ4n) is 3.39. The number of benzene rings is 1. The Morgan fingerprint density at radius 2 is 2.04 bits per heavy atom. The molecule has 1 aromatic carbocycles. The van der Waals surface area contributed by atoms with Crippen molar-refractivity contribution in [1.82, 2.24) is 9.78 Å². The maximum absolute atomic E-state index is 12.6. The Hall–Kier alpha value is -2.25. The minimum Gasteiger partial charge on any atom is -0.493 e. The number of methoxy groups -OCH3 is 2. The number of anilines is 1. The summed E-state index contributed by atoms with van der Waals surface area (Å²) in [5.74, 6) is 2.08. The van der Waals surface area contributed by atoms with Gasteiger partial charge in [0, 0.05) is 17.5 Å². The molecule has 0 aliphatic heterocycles. The fraction of sp³-hybridized carbons (Fsp3) is 0.474. The minimum atomic E-state index is -0.0196. The zero-order valence-electron chi connectivity index (χ0n) is 15.9. The van der Waals surface area contributed by atoms with E-state index in [1.807, 2.05) is 25.1 Å². The van der Waals surface area contributed by atoms with Crippen molar-refractivity contribution in [3.8, 4) is 11.5 Å². The van der Waals surface area contributed by atoms with Crippen molar-refractivity contribution in [2.75, 3.05) is 19.5 Å². The molecule has 1 aliphatic carbocycles. The highest BCUT2D eigenvalue weighted by atomic mass is 35.5. The number of aromatic nitrogens is 2. The number of carbonyl (C=O) groups is 1. The summed E-state index contributed by atoms with van der Waals surface area (Å²) < 4.78 is 12.4. The van der Waals surface area contributed by atoms with E-state index in [0.717, 1.165) is 36.2 Å². The monoisotopic (exact) mass is 394 g/mol. The van der Waals surface area contributed by atoms with Gasteiger partial charge in [-0.15, -0.1) is 12.4 Å². The molecule has 1 fully saturated rings. The van der Waals surface area contributed by atoms with E-state index in [2.05, 4.69) is 10.4 Å². The number of nitrogens with one attached hydrogen (secondary N) is 1. The van der Waals surface area contributed by atoms with Crippen molar-refractivity contribution in [2.24, 2.45) is 11.7 Å². The van der Waals surface area contributed by atoms with E-state index in [9.17, 15) is 4.79 Å². The number of nitrogens with two attached hydrogens (primary N) is 1. The highest BCUT2D eigenvalue weighted by Crippen LogP contribution is 2.29. The average Bonchev–Trinajstić information content (AvgIpc) is 3.22. The maximum Gasteiger partial charge on any atom is 0.228 e. The van der Waals surface area contributed by atoms with Crippen LogP contribution in [0, 0.1) is 12.8 Å². The second kappa shape index (κ2) is 9.10. The Kier molecular flexibility index (Phi) is 7.10. The standard InChI is InChI=1S/C19H26N4O3.ClH/c1-12-10-21-23(11-13-4-7-16(25-2)17(8-13)26-3)18(12)22-19(24)14-5-6-15(20)9-14;/h4,7-8,10,14-15H,5-6,9,11,20H2,1-3H3,(H,22,24);1H. The highest BCUT2D eigenvalue weighted by molar-refractivity contribution is 5.92. The smallest absolute Gasteiger partial charge is 0.228 e. The molecule has 3 N–H and O–H groups in total. The van der Waals surface area contributed by atoms with Gasteiger partial charge in [0.1, 0.15) is 5.82 Å². The molecule has 1 amide bonds. The first-order valence-corrected chi connectivity index (χ1v) is 8.81. The SMILES string of the molecule is COc1ccc(Cn2ncc(C)c2NC(=O)C2CCC(N)C2)cc1OC.Cl. The van der Waals surface area contributed by atoms with Crippen LogP contribution in [0.2, 0.25) is 0 Å². The van der Waals surface area contributed by atoms with E-state index < -0.39 is 0 Å². The van der Waals surface area contributed by atoms with Crippen molar-refractivity contribution in [2.45, 2.75) is 38.8 Å². The third-order valence-electron chi connectivity index (χ3n) is 4.89. The Morgan fingerprint density at radius 3 is 2.67 bits per heavy atom. The van der Waals surface area contributed by atoms with E-state index in [0.29, 0.717) is 18.0 Å². The summed E-state index contributed by atoms with van der Waals surface area (Å²) in [6.07, 6.45) is 4.25. The van der Waals surface area contributed by atoms with Crippen molar-refractivity contribution < 1.29 is 14.3 Å². The van der Waals surface area contributed by atoms with Crippen LogP contribution in [0.5, 0.6) is 11.5 Å². The topological polar surface area (TPSA) is 91.4 Å². The van der Waals surface area contributed by atoms with E-state index in [1.54, 1.807) is 25.1 Å². The summed E-state index contributed by atoms with van der Waals surface area (Å²) in [6.45, 7) is 2.46. The number of ether oxygens (including phenoxy) is 2. The lowest BCUT2D eigenvalue weighted by molar-refractivity contribution is -0.119. The molecule has 1 heterocycles. The van der Waals surface area contributed by atoms with Gasteiger partial charge < -0.3 is 20.5 Å². The maximum atomic E-state index is 12.6. The number of hydrogen-bond donors (Lipinski definition) is 2. The van der Waals surface area contributed by atoms with Crippen LogP contribution in [-0.2, 0) is 11.3 Å². The molecular formula is C19H27ClN4O3. The molecule has 3 rings (SSSR count). The normalized spacial score (nSPS) is 18.7. The molecule has 2 atom stereocenters. The molecule has 1 saturated carbocycles. The van der Waals surface area contributed by atoms with Gasteiger partial charge in [-0.25, -0.2) is 4.68 Å². The second-order valence-corrected chi connectivity index (χ2v) is 6.78. The van der Waals surface area contributed by atoms with Gasteiger partial charge in [0.15, 0.2) is 11.5 Å². The van der Waals surface area contributed by atoms with Crippen molar-refractivity contribution in [3.63, 3.8) is 0 Å². The van der Waals surface area contributed by atoms with Crippen LogP contribution in [0.25, 0.3) is 0 Å². The van der Waals surface area contributed by atoms with Crippen LogP contribution in [0.3, 0.4) is 0 Å². The average molecular weight is 395 g/mol. The lowest BCUT2D eigenvalue weighted by Crippen LogP contribution is -2.25. The van der Waals surface area contributed by atoms with Crippen LogP contribution in [0.15, 0.2) is 24.4 Å². The first-order valence-electron chi connectivity index (χ1n) is 8.81. The van der Waals surface area contributed by atoms with Crippen LogP contribution < -0.4 is 20.5 Å². The van der Waals surface area contributed by atoms with Crippen LogP contribution in [0.1, 0.15) is 30.4 Å². The molecule has 2 aromatic rings. The van der Waals surface area contributed by atoms with Crippen molar-refractivity contribution >= 4 is 24.1 Å². The predicted molar refractivity (Wildman–Crippen MR) is 107 cm³/mol. The van der Waals surface area contributed by atoms with Gasteiger partial charge in [0.05, 0.1) is 27.0 Å². The summed E-state index contributed by atoms with van der Waals surface area (Å²) in [4.78, 5) is 12.6. The summed E-state index contributed by atoms with van der Waals surface area (Å²) >= 11 is 0. The number of carbonyl (C=O) groups excluding carboxylic acids is 1. The molecule has 1 aromatic heterocycles. The van der Waals surface area contributed by atoms with Gasteiger partial charge >= 0.3 is 0 Å². The molecule has 8 heteroatoms. The lowest BCUT2D eigenvalue weighted by atomic mass is 10.1. The zero-order valence-corrected chi connectivity index (χ0v) is 16.7. The predicted octanol–water partition coefficient (Wildman–Crippen LogP) is 2.74. The Morgan fingerprint density at radius 1 is 1.30 bits per heavy atom. The Bertz CT molecular complexity index is 793. The summed E-state index contributed by atoms with van der Waals surface area (Å²) in [6, 6.07) is 5.86. The first kappa shape index (κ1) is 21.1. The zero-order chi connectivity index (χ0) is 18.7. The largest absolute Gasteiger partial charge is 0.493 e. The second-order valence-electron chi connectivity index (χ2n) is 6.78. The van der Waals surface area contributed by atoms with Gasteiger partial charge in [-0.1, -0.05) is 6.07 Å².